The van der Waals surface area contributed by atoms with Crippen LogP contribution in [0.15, 0.2) is 47.0 Å². The molecule has 0 bridgehead atoms. The molecule has 0 radical (unpaired) electrons. The van der Waals surface area contributed by atoms with Crippen LogP contribution in [0.4, 0.5) is 0 Å². The minimum atomic E-state index is -0.234. The largest absolute Gasteiger partial charge is 0.496 e. The molecule has 0 unspecified atom stereocenters. The van der Waals surface area contributed by atoms with Crippen molar-refractivity contribution in [2.45, 2.75) is 13.5 Å². The van der Waals surface area contributed by atoms with Crippen molar-refractivity contribution in [1.82, 2.24) is 15.0 Å². The number of likely N-dealkylation sites (N-methyl/N-ethyl adjacent to an activating group) is 1. The van der Waals surface area contributed by atoms with E-state index < -0.39 is 0 Å². The van der Waals surface area contributed by atoms with Gasteiger partial charge in [-0.1, -0.05) is 28.9 Å². The maximum Gasteiger partial charge on any atom is 0.260 e. The Kier molecular flexibility index (Phi) is 6.33. The Morgan fingerprint density at radius 1 is 1.07 bits per heavy atom. The van der Waals surface area contributed by atoms with E-state index in [0.29, 0.717) is 29.0 Å². The van der Waals surface area contributed by atoms with E-state index in [4.69, 9.17) is 18.7 Å². The minimum Gasteiger partial charge on any atom is -0.496 e. The molecular weight excluding hydrogens is 374 g/mol. The number of benzene rings is 2. The number of aromatic nitrogens is 2. The summed E-state index contributed by atoms with van der Waals surface area (Å²) in [4.78, 5) is 18.2. The molecule has 1 amide bonds. The summed E-state index contributed by atoms with van der Waals surface area (Å²) in [6.07, 6.45) is 0. The van der Waals surface area contributed by atoms with Crippen molar-refractivity contribution < 1.29 is 23.5 Å². The molecule has 0 saturated carbocycles. The molecule has 2 aromatic carbocycles. The van der Waals surface area contributed by atoms with Gasteiger partial charge in [0.15, 0.2) is 6.61 Å². The van der Waals surface area contributed by atoms with Crippen LogP contribution in [-0.4, -0.2) is 48.8 Å². The smallest absolute Gasteiger partial charge is 0.260 e. The Morgan fingerprint density at radius 3 is 2.41 bits per heavy atom. The zero-order chi connectivity index (χ0) is 20.8. The van der Waals surface area contributed by atoms with Gasteiger partial charge < -0.3 is 23.6 Å². The zero-order valence-corrected chi connectivity index (χ0v) is 16.8. The highest BCUT2D eigenvalue weighted by atomic mass is 16.5. The van der Waals surface area contributed by atoms with E-state index in [9.17, 15) is 4.79 Å². The van der Waals surface area contributed by atoms with Crippen LogP contribution in [0.2, 0.25) is 0 Å². The Labute approximate surface area is 169 Å². The average molecular weight is 397 g/mol. The monoisotopic (exact) mass is 397 g/mol. The molecule has 8 nitrogen and oxygen atoms in total. The summed E-state index contributed by atoms with van der Waals surface area (Å²) in [6, 6.07) is 12.9. The third kappa shape index (κ3) is 5.25. The van der Waals surface area contributed by atoms with Crippen LogP contribution in [0.25, 0.3) is 11.4 Å². The van der Waals surface area contributed by atoms with E-state index in [2.05, 4.69) is 10.1 Å². The van der Waals surface area contributed by atoms with Gasteiger partial charge in [-0.15, -0.1) is 0 Å². The summed E-state index contributed by atoms with van der Waals surface area (Å²) in [5, 5.41) is 3.99. The van der Waals surface area contributed by atoms with Gasteiger partial charge in [-0.25, -0.2) is 0 Å². The maximum atomic E-state index is 12.4. The second kappa shape index (κ2) is 9.09. The van der Waals surface area contributed by atoms with Crippen LogP contribution in [0.1, 0.15) is 11.5 Å². The van der Waals surface area contributed by atoms with Crippen molar-refractivity contribution in [1.29, 1.82) is 0 Å². The van der Waals surface area contributed by atoms with Crippen molar-refractivity contribution in [2.75, 3.05) is 27.9 Å². The number of methoxy groups -OCH3 is 2. The first kappa shape index (κ1) is 20.2. The second-order valence-corrected chi connectivity index (χ2v) is 6.47. The summed E-state index contributed by atoms with van der Waals surface area (Å²) >= 11 is 0. The number of nitrogens with zero attached hydrogens (tertiary/aromatic N) is 3. The van der Waals surface area contributed by atoms with Crippen LogP contribution in [0, 0.1) is 6.92 Å². The molecule has 0 N–H and O–H groups in total. The Bertz CT molecular complexity index is 964. The number of ether oxygens (including phenoxy) is 3. The molecule has 1 aromatic heterocycles. The molecule has 0 saturated heterocycles. The maximum absolute atomic E-state index is 12.4. The lowest BCUT2D eigenvalue weighted by Crippen LogP contribution is -2.31. The van der Waals surface area contributed by atoms with Gasteiger partial charge in [0.25, 0.3) is 5.91 Å². The summed E-state index contributed by atoms with van der Waals surface area (Å²) in [5.41, 5.74) is 1.97. The lowest BCUT2D eigenvalue weighted by Gasteiger charge is -2.16. The number of hydrogen-bond acceptors (Lipinski definition) is 7. The van der Waals surface area contributed by atoms with Gasteiger partial charge in [-0.05, 0) is 13.0 Å². The quantitative estimate of drug-likeness (QED) is 0.577. The summed E-state index contributed by atoms with van der Waals surface area (Å²) in [5.74, 6) is 2.23. The normalized spacial score (nSPS) is 10.5. The number of amides is 1. The van der Waals surface area contributed by atoms with Gasteiger partial charge in [-0.2, -0.15) is 4.98 Å². The number of carbonyl (C=O) groups excluding carboxylic acids is 1. The summed E-state index contributed by atoms with van der Waals surface area (Å²) < 4.78 is 21.2. The molecule has 1 heterocycles. The number of aryl methyl sites for hydroxylation is 1. The molecule has 0 spiro atoms. The second-order valence-electron chi connectivity index (χ2n) is 6.47. The first-order valence-corrected chi connectivity index (χ1v) is 8.98. The molecule has 8 heteroatoms. The Morgan fingerprint density at radius 2 is 1.76 bits per heavy atom. The fourth-order valence-electron chi connectivity index (χ4n) is 2.63. The van der Waals surface area contributed by atoms with Gasteiger partial charge >= 0.3 is 0 Å². The van der Waals surface area contributed by atoms with Crippen molar-refractivity contribution in [3.8, 4) is 28.6 Å². The fraction of sp³-hybridized carbons (Fsp3) is 0.286. The van der Waals surface area contributed by atoms with Crippen molar-refractivity contribution >= 4 is 5.91 Å². The summed E-state index contributed by atoms with van der Waals surface area (Å²) in [7, 11) is 4.74. The van der Waals surface area contributed by atoms with E-state index in [1.165, 1.54) is 4.90 Å². The summed E-state index contributed by atoms with van der Waals surface area (Å²) in [6.45, 7) is 2.03. The molecule has 0 aliphatic heterocycles. The first-order chi connectivity index (χ1) is 14.0. The number of hydrogen-bond donors (Lipinski definition) is 0. The third-order valence-corrected chi connectivity index (χ3v) is 4.23. The third-order valence-electron chi connectivity index (χ3n) is 4.23. The predicted octanol–water partition coefficient (Wildman–Crippen LogP) is 3.10. The Hall–Kier alpha value is -3.55. The van der Waals surface area contributed by atoms with Crippen LogP contribution < -0.4 is 14.2 Å². The molecule has 29 heavy (non-hydrogen) atoms. The van der Waals surface area contributed by atoms with E-state index in [-0.39, 0.29) is 19.1 Å². The van der Waals surface area contributed by atoms with Crippen LogP contribution >= 0.6 is 0 Å². The number of rotatable bonds is 8. The lowest BCUT2D eigenvalue weighted by molar-refractivity contribution is -0.132. The molecule has 0 aliphatic rings. The SMILES string of the molecule is COc1cc(OC)cc(OCC(=O)N(C)Cc2nc(-c3cccc(C)c3)no2)c1. The topological polar surface area (TPSA) is 86.9 Å². The average Bonchev–Trinajstić information content (AvgIpc) is 3.20. The fourth-order valence-corrected chi connectivity index (χ4v) is 2.63. The van der Waals surface area contributed by atoms with Crippen LogP contribution in [0.5, 0.6) is 17.2 Å². The highest BCUT2D eigenvalue weighted by Gasteiger charge is 2.16. The van der Waals surface area contributed by atoms with Gasteiger partial charge in [0.05, 0.1) is 20.8 Å². The van der Waals surface area contributed by atoms with Gasteiger partial charge in [0.1, 0.15) is 17.2 Å². The van der Waals surface area contributed by atoms with Crippen LogP contribution in [-0.2, 0) is 11.3 Å². The highest BCUT2D eigenvalue weighted by molar-refractivity contribution is 5.77. The predicted molar refractivity (Wildman–Crippen MR) is 106 cm³/mol. The Balaban J connectivity index is 1.59. The van der Waals surface area contributed by atoms with Crippen molar-refractivity contribution in [3.63, 3.8) is 0 Å². The van der Waals surface area contributed by atoms with E-state index in [0.717, 1.165) is 11.1 Å². The van der Waals surface area contributed by atoms with Crippen LogP contribution in [0.3, 0.4) is 0 Å². The minimum absolute atomic E-state index is 0.147. The molecule has 3 aromatic rings. The zero-order valence-electron chi connectivity index (χ0n) is 16.8. The lowest BCUT2D eigenvalue weighted by atomic mass is 10.1. The van der Waals surface area contributed by atoms with E-state index >= 15 is 0 Å². The van der Waals surface area contributed by atoms with E-state index in [1.54, 1.807) is 39.5 Å². The molecular formula is C21H23N3O5. The molecule has 3 rings (SSSR count). The molecule has 0 aliphatic carbocycles. The van der Waals surface area contributed by atoms with Gasteiger partial charge in [-0.3, -0.25) is 4.79 Å². The first-order valence-electron chi connectivity index (χ1n) is 8.98. The molecule has 0 fully saturated rings. The number of carbonyl (C=O) groups is 1. The van der Waals surface area contributed by atoms with Crippen molar-refractivity contribution in [3.05, 3.63) is 53.9 Å². The van der Waals surface area contributed by atoms with E-state index in [1.807, 2.05) is 31.2 Å². The highest BCUT2D eigenvalue weighted by Crippen LogP contribution is 2.27. The van der Waals surface area contributed by atoms with Gasteiger partial charge in [0, 0.05) is 30.8 Å². The van der Waals surface area contributed by atoms with Crippen molar-refractivity contribution in [2.24, 2.45) is 0 Å². The molecule has 152 valence electrons. The standard InChI is InChI=1S/C21H23N3O5/c1-14-6-5-7-15(8-14)21-22-19(29-23-21)12-24(2)20(25)13-28-18-10-16(26-3)9-17(11-18)27-4/h5-11H,12-13H2,1-4H3. The van der Waals surface area contributed by atoms with Gasteiger partial charge in [0.2, 0.25) is 11.7 Å². The molecule has 0 atom stereocenters.